The second-order valence-electron chi connectivity index (χ2n) is 5.05. The third-order valence-corrected chi connectivity index (χ3v) is 3.56. The smallest absolute Gasteiger partial charge is 0.319 e. The minimum Gasteiger partial charge on any atom is -0.481 e. The quantitative estimate of drug-likeness (QED) is 0.526. The van der Waals surface area contributed by atoms with E-state index in [1.54, 1.807) is 0 Å². The molecule has 1 fully saturated rings. The summed E-state index contributed by atoms with van der Waals surface area (Å²) in [5, 5.41) is 5.13. The first-order chi connectivity index (χ1) is 12.0. The SMILES string of the molecule is C=C1NC(=O)N[C@H](c2c(OC)ncnc2OC)[C@H]1C(=O)OCCOC. The molecule has 0 spiro atoms. The molecule has 2 heterocycles. The number of methoxy groups -OCH3 is 3. The third kappa shape index (κ3) is 3.97. The predicted octanol–water partition coefficient (Wildman–Crippen LogP) is 0.167. The van der Waals surface area contributed by atoms with Gasteiger partial charge in [0.15, 0.2) is 0 Å². The van der Waals surface area contributed by atoms with Crippen LogP contribution in [0, 0.1) is 5.92 Å². The van der Waals surface area contributed by atoms with Crippen molar-refractivity contribution in [1.82, 2.24) is 20.6 Å². The molecule has 0 radical (unpaired) electrons. The van der Waals surface area contributed by atoms with Crippen LogP contribution in [-0.2, 0) is 14.3 Å². The lowest BCUT2D eigenvalue weighted by atomic mass is 9.89. The lowest BCUT2D eigenvalue weighted by Crippen LogP contribution is -2.51. The Hall–Kier alpha value is -2.88. The van der Waals surface area contributed by atoms with Gasteiger partial charge in [0, 0.05) is 12.8 Å². The molecule has 0 saturated carbocycles. The molecule has 1 aliphatic heterocycles. The Bertz CT molecular complexity index is 643. The van der Waals surface area contributed by atoms with Crippen LogP contribution < -0.4 is 20.1 Å². The summed E-state index contributed by atoms with van der Waals surface area (Å²) in [5.41, 5.74) is 0.501. The Morgan fingerprint density at radius 2 is 1.84 bits per heavy atom. The predicted molar refractivity (Wildman–Crippen MR) is 85.0 cm³/mol. The van der Waals surface area contributed by atoms with Gasteiger partial charge in [-0.3, -0.25) is 4.79 Å². The van der Waals surface area contributed by atoms with Crippen LogP contribution in [0.5, 0.6) is 11.8 Å². The number of hydrogen-bond donors (Lipinski definition) is 2. The number of nitrogens with one attached hydrogen (secondary N) is 2. The largest absolute Gasteiger partial charge is 0.481 e. The molecule has 25 heavy (non-hydrogen) atoms. The van der Waals surface area contributed by atoms with Crippen molar-refractivity contribution in [3.8, 4) is 11.8 Å². The van der Waals surface area contributed by atoms with E-state index in [4.69, 9.17) is 18.9 Å². The molecule has 1 aromatic heterocycles. The summed E-state index contributed by atoms with van der Waals surface area (Å²) in [7, 11) is 4.32. The Balaban J connectivity index is 2.42. The van der Waals surface area contributed by atoms with Crippen LogP contribution in [0.2, 0.25) is 0 Å². The Morgan fingerprint density at radius 3 is 2.40 bits per heavy atom. The van der Waals surface area contributed by atoms with Crippen molar-refractivity contribution in [2.24, 2.45) is 5.92 Å². The highest BCUT2D eigenvalue weighted by Crippen LogP contribution is 2.38. The monoisotopic (exact) mass is 352 g/mol. The van der Waals surface area contributed by atoms with Crippen molar-refractivity contribution in [1.29, 1.82) is 0 Å². The first kappa shape index (κ1) is 18.5. The molecule has 2 N–H and O–H groups in total. The number of carbonyl (C=O) groups is 2. The molecule has 10 nitrogen and oxygen atoms in total. The van der Waals surface area contributed by atoms with Gasteiger partial charge in [0.05, 0.1) is 32.4 Å². The molecule has 1 aromatic rings. The molecule has 2 atom stereocenters. The highest BCUT2D eigenvalue weighted by atomic mass is 16.6. The fourth-order valence-corrected chi connectivity index (χ4v) is 2.47. The van der Waals surface area contributed by atoms with E-state index >= 15 is 0 Å². The zero-order valence-electron chi connectivity index (χ0n) is 14.2. The van der Waals surface area contributed by atoms with Gasteiger partial charge >= 0.3 is 12.0 Å². The van der Waals surface area contributed by atoms with E-state index in [0.717, 1.165) is 0 Å². The summed E-state index contributed by atoms with van der Waals surface area (Å²) in [6.45, 7) is 4.07. The van der Waals surface area contributed by atoms with Crippen LogP contribution in [-0.4, -0.2) is 56.5 Å². The number of amides is 2. The van der Waals surface area contributed by atoms with Crippen LogP contribution in [0.1, 0.15) is 11.6 Å². The Kier molecular flexibility index (Phi) is 6.12. The molecule has 10 heteroatoms. The third-order valence-electron chi connectivity index (χ3n) is 3.56. The molecule has 1 aliphatic rings. The highest BCUT2D eigenvalue weighted by molar-refractivity contribution is 5.85. The van der Waals surface area contributed by atoms with Crippen LogP contribution in [0.15, 0.2) is 18.6 Å². The van der Waals surface area contributed by atoms with Crippen molar-refractivity contribution in [3.63, 3.8) is 0 Å². The van der Waals surface area contributed by atoms with E-state index < -0.39 is 24.0 Å². The van der Waals surface area contributed by atoms with Crippen molar-refractivity contribution in [3.05, 3.63) is 24.2 Å². The molecule has 0 aliphatic carbocycles. The average molecular weight is 352 g/mol. The Labute approximate surface area is 144 Å². The number of rotatable bonds is 7. The zero-order valence-corrected chi connectivity index (χ0v) is 14.2. The fraction of sp³-hybridized carbons (Fsp3) is 0.467. The first-order valence-corrected chi connectivity index (χ1v) is 7.38. The molecule has 0 aromatic carbocycles. The first-order valence-electron chi connectivity index (χ1n) is 7.38. The van der Waals surface area contributed by atoms with Gasteiger partial charge in [-0.25, -0.2) is 14.8 Å². The van der Waals surface area contributed by atoms with Gasteiger partial charge in [-0.15, -0.1) is 0 Å². The van der Waals surface area contributed by atoms with Gasteiger partial charge in [0.25, 0.3) is 0 Å². The van der Waals surface area contributed by atoms with Gasteiger partial charge in [0.2, 0.25) is 11.8 Å². The molecule has 2 amide bonds. The van der Waals surface area contributed by atoms with Gasteiger partial charge in [-0.2, -0.15) is 0 Å². The van der Waals surface area contributed by atoms with Gasteiger partial charge in [0.1, 0.15) is 18.9 Å². The molecule has 136 valence electrons. The highest BCUT2D eigenvalue weighted by Gasteiger charge is 2.42. The summed E-state index contributed by atoms with van der Waals surface area (Å²) in [6, 6.07) is -1.40. The van der Waals surface area contributed by atoms with E-state index in [2.05, 4.69) is 27.2 Å². The molecule has 0 bridgehead atoms. The number of urea groups is 1. The average Bonchev–Trinajstić information content (AvgIpc) is 2.60. The molecule has 2 rings (SSSR count). The molecule has 1 saturated heterocycles. The zero-order chi connectivity index (χ0) is 18.4. The maximum atomic E-state index is 12.5. The van der Waals surface area contributed by atoms with E-state index in [9.17, 15) is 9.59 Å². The van der Waals surface area contributed by atoms with Crippen LogP contribution >= 0.6 is 0 Å². The number of carbonyl (C=O) groups excluding carboxylic acids is 2. The summed E-state index contributed by atoms with van der Waals surface area (Å²) < 4.78 is 20.5. The van der Waals surface area contributed by atoms with Crippen LogP contribution in [0.4, 0.5) is 4.79 Å². The van der Waals surface area contributed by atoms with Crippen molar-refractivity contribution < 1.29 is 28.5 Å². The fourth-order valence-electron chi connectivity index (χ4n) is 2.47. The molecular formula is C15H20N4O6. The van der Waals surface area contributed by atoms with Gasteiger partial charge in [-0.05, 0) is 0 Å². The summed E-state index contributed by atoms with van der Waals surface area (Å²) >= 11 is 0. The summed E-state index contributed by atoms with van der Waals surface area (Å²) in [6.07, 6.45) is 1.25. The number of esters is 1. The number of aromatic nitrogens is 2. The minimum absolute atomic E-state index is 0.0688. The standard InChI is InChI=1S/C15H20N4O6/c1-8-9(14(20)25-6-5-22-2)11(19-15(21)18-8)10-12(23-3)16-7-17-13(10)24-4/h7,9,11H,1,5-6H2,2-4H3,(H2,18,19,21)/t9-,11-/m0/s1. The second kappa shape index (κ2) is 8.29. The molecular weight excluding hydrogens is 332 g/mol. The number of ether oxygens (including phenoxy) is 4. The minimum atomic E-state index is -0.927. The lowest BCUT2D eigenvalue weighted by Gasteiger charge is -2.33. The van der Waals surface area contributed by atoms with Crippen molar-refractivity contribution in [2.45, 2.75) is 6.04 Å². The van der Waals surface area contributed by atoms with E-state index in [0.29, 0.717) is 5.56 Å². The molecule has 0 unspecified atom stereocenters. The van der Waals surface area contributed by atoms with Crippen LogP contribution in [0.25, 0.3) is 0 Å². The topological polar surface area (TPSA) is 121 Å². The van der Waals surface area contributed by atoms with Gasteiger partial charge in [-0.1, -0.05) is 6.58 Å². The maximum Gasteiger partial charge on any atom is 0.319 e. The number of nitrogens with zero attached hydrogens (tertiary/aromatic N) is 2. The maximum absolute atomic E-state index is 12.5. The van der Waals surface area contributed by atoms with Gasteiger partial charge < -0.3 is 29.6 Å². The van der Waals surface area contributed by atoms with E-state index in [1.165, 1.54) is 27.7 Å². The van der Waals surface area contributed by atoms with Crippen molar-refractivity contribution >= 4 is 12.0 Å². The van der Waals surface area contributed by atoms with E-state index in [1.807, 2.05) is 0 Å². The Morgan fingerprint density at radius 1 is 1.20 bits per heavy atom. The lowest BCUT2D eigenvalue weighted by molar-refractivity contribution is -0.149. The van der Waals surface area contributed by atoms with Crippen molar-refractivity contribution in [2.75, 3.05) is 34.5 Å². The van der Waals surface area contributed by atoms with Crippen LogP contribution in [0.3, 0.4) is 0 Å². The summed E-state index contributed by atoms with van der Waals surface area (Å²) in [5.74, 6) is -1.18. The summed E-state index contributed by atoms with van der Waals surface area (Å²) in [4.78, 5) is 32.5. The number of hydrogen-bond acceptors (Lipinski definition) is 8. The second-order valence-corrected chi connectivity index (χ2v) is 5.05. The van der Waals surface area contributed by atoms with E-state index in [-0.39, 0.29) is 30.7 Å². The normalized spacial score (nSPS) is 19.6.